The molecule has 0 bridgehead atoms. The number of fused-ring (bicyclic) bond motifs is 1. The number of unbranched alkanes of at least 4 members (excludes halogenated alkanes) is 1. The molecular formula is C27H51N5. The lowest BCUT2D eigenvalue weighted by Crippen LogP contribution is -1.90. The summed E-state index contributed by atoms with van der Waals surface area (Å²) in [6.45, 7) is 21.0. The van der Waals surface area contributed by atoms with Gasteiger partial charge in [-0.25, -0.2) is 9.97 Å². The summed E-state index contributed by atoms with van der Waals surface area (Å²) in [4.78, 5) is 7.68. The van der Waals surface area contributed by atoms with Crippen LogP contribution in [0.1, 0.15) is 100 Å². The Morgan fingerprint density at radius 3 is 1.91 bits per heavy atom. The van der Waals surface area contributed by atoms with Gasteiger partial charge in [-0.05, 0) is 17.9 Å². The molecule has 1 aromatic carbocycles. The van der Waals surface area contributed by atoms with Crippen LogP contribution in [-0.4, -0.2) is 20.2 Å². The van der Waals surface area contributed by atoms with E-state index in [1.807, 2.05) is 41.5 Å². The second-order valence-corrected chi connectivity index (χ2v) is 6.66. The zero-order valence-corrected chi connectivity index (χ0v) is 22.6. The first kappa shape index (κ1) is 34.2. The molecule has 0 aliphatic carbocycles. The number of aromatic nitrogens is 4. The average Bonchev–Trinajstić information content (AvgIpc) is 3.34. The molecule has 0 radical (unpaired) electrons. The van der Waals surface area contributed by atoms with Crippen LogP contribution in [0.15, 0.2) is 42.9 Å². The van der Waals surface area contributed by atoms with Gasteiger partial charge in [-0.15, -0.1) is 0 Å². The van der Waals surface area contributed by atoms with E-state index in [0.29, 0.717) is 11.5 Å². The van der Waals surface area contributed by atoms with Gasteiger partial charge < -0.3 is 5.73 Å². The summed E-state index contributed by atoms with van der Waals surface area (Å²) in [5.74, 6) is 1.36. The molecule has 0 unspecified atom stereocenters. The number of nitrogens with zero attached hydrogens (tertiary/aromatic N) is 3. The molecular weight excluding hydrogens is 394 g/mol. The van der Waals surface area contributed by atoms with E-state index in [0.717, 1.165) is 11.3 Å². The van der Waals surface area contributed by atoms with E-state index in [1.54, 1.807) is 6.20 Å². The highest BCUT2D eigenvalue weighted by Crippen LogP contribution is 2.11. The summed E-state index contributed by atoms with van der Waals surface area (Å²) in [6.07, 6.45) is 9.59. The summed E-state index contributed by atoms with van der Waals surface area (Å²) in [5, 5.41) is 7.20. The van der Waals surface area contributed by atoms with E-state index in [9.17, 15) is 0 Å². The van der Waals surface area contributed by atoms with Crippen molar-refractivity contribution in [3.8, 4) is 0 Å². The van der Waals surface area contributed by atoms with Gasteiger partial charge in [0.05, 0.1) is 11.6 Å². The number of nitrogens with two attached hydrogens (primary N) is 1. The number of H-pyrrole nitrogens is 1. The molecule has 2 heterocycles. The van der Waals surface area contributed by atoms with Crippen LogP contribution in [0.25, 0.3) is 11.0 Å². The molecule has 0 fully saturated rings. The van der Waals surface area contributed by atoms with Crippen LogP contribution in [0.3, 0.4) is 0 Å². The Morgan fingerprint density at radius 1 is 0.875 bits per heavy atom. The maximum atomic E-state index is 5.49. The van der Waals surface area contributed by atoms with Gasteiger partial charge >= 0.3 is 0 Å². The molecule has 0 amide bonds. The van der Waals surface area contributed by atoms with Gasteiger partial charge in [-0.2, -0.15) is 5.10 Å². The van der Waals surface area contributed by atoms with E-state index >= 15 is 0 Å². The molecule has 2 aromatic heterocycles. The lowest BCUT2D eigenvalue weighted by Gasteiger charge is -1.98. The number of aryl methyl sites for hydroxylation is 1. The van der Waals surface area contributed by atoms with Gasteiger partial charge in [0.2, 0.25) is 0 Å². The van der Waals surface area contributed by atoms with Crippen LogP contribution in [-0.2, 0) is 6.42 Å². The van der Waals surface area contributed by atoms with Crippen molar-refractivity contribution in [3.63, 3.8) is 0 Å². The first-order valence-electron chi connectivity index (χ1n) is 12.5. The summed E-state index contributed by atoms with van der Waals surface area (Å²) < 4.78 is 0. The van der Waals surface area contributed by atoms with Crippen molar-refractivity contribution in [1.29, 1.82) is 0 Å². The maximum absolute atomic E-state index is 5.49. The number of anilines is 1. The Labute approximate surface area is 198 Å². The van der Waals surface area contributed by atoms with Crippen LogP contribution in [0.2, 0.25) is 0 Å². The van der Waals surface area contributed by atoms with Crippen LogP contribution < -0.4 is 5.73 Å². The first-order chi connectivity index (χ1) is 15.6. The zero-order chi connectivity index (χ0) is 25.2. The topological polar surface area (TPSA) is 80.5 Å². The van der Waals surface area contributed by atoms with Gasteiger partial charge in [0.1, 0.15) is 12.1 Å². The summed E-state index contributed by atoms with van der Waals surface area (Å²) >= 11 is 0. The SMILES string of the molecule is CC.CC.CC.CCCCC(C)C.CCCc1ccccc1.Nc1ncnc2[nH]ncc12. The molecule has 3 rings (SSSR count). The molecule has 32 heavy (non-hydrogen) atoms. The fraction of sp³-hybridized carbons (Fsp3) is 0.593. The van der Waals surface area contributed by atoms with Crippen molar-refractivity contribution < 1.29 is 0 Å². The number of nitrogen functional groups attached to an aromatic ring is 1. The van der Waals surface area contributed by atoms with E-state index < -0.39 is 0 Å². The van der Waals surface area contributed by atoms with Gasteiger partial charge in [0.15, 0.2) is 5.65 Å². The van der Waals surface area contributed by atoms with Crippen molar-refractivity contribution in [2.24, 2.45) is 5.92 Å². The molecule has 3 aromatic rings. The summed E-state index contributed by atoms with van der Waals surface area (Å²) in [7, 11) is 0. The highest BCUT2D eigenvalue weighted by Gasteiger charge is 1.98. The van der Waals surface area contributed by atoms with Crippen LogP contribution >= 0.6 is 0 Å². The smallest absolute Gasteiger partial charge is 0.160 e. The normalized spacial score (nSPS) is 8.72. The maximum Gasteiger partial charge on any atom is 0.160 e. The number of benzene rings is 1. The molecule has 0 saturated heterocycles. The average molecular weight is 446 g/mol. The van der Waals surface area contributed by atoms with Crippen molar-refractivity contribution in [1.82, 2.24) is 20.2 Å². The molecule has 5 heteroatoms. The molecule has 0 aliphatic heterocycles. The summed E-state index contributed by atoms with van der Waals surface area (Å²) in [6, 6.07) is 10.6. The van der Waals surface area contributed by atoms with Gasteiger partial charge in [-0.1, -0.05) is 125 Å². The van der Waals surface area contributed by atoms with Gasteiger partial charge in [0.25, 0.3) is 0 Å². The zero-order valence-electron chi connectivity index (χ0n) is 22.6. The van der Waals surface area contributed by atoms with Crippen LogP contribution in [0, 0.1) is 5.92 Å². The molecule has 0 saturated carbocycles. The quantitative estimate of drug-likeness (QED) is 0.412. The van der Waals surface area contributed by atoms with E-state index in [1.165, 1.54) is 44.0 Å². The Hall–Kier alpha value is -2.43. The molecule has 0 spiro atoms. The number of rotatable bonds is 5. The molecule has 3 N–H and O–H groups in total. The van der Waals surface area contributed by atoms with E-state index in [-0.39, 0.29) is 0 Å². The lowest BCUT2D eigenvalue weighted by molar-refractivity contribution is 0.550. The number of nitrogens with one attached hydrogen (secondary N) is 1. The minimum Gasteiger partial charge on any atom is -0.383 e. The molecule has 0 aliphatic rings. The van der Waals surface area contributed by atoms with Crippen molar-refractivity contribution in [3.05, 3.63) is 48.4 Å². The fourth-order valence-electron chi connectivity index (χ4n) is 2.33. The van der Waals surface area contributed by atoms with E-state index in [2.05, 4.69) is 78.2 Å². The minimum absolute atomic E-state index is 0.457. The van der Waals surface area contributed by atoms with Gasteiger partial charge in [0, 0.05) is 0 Å². The largest absolute Gasteiger partial charge is 0.383 e. The predicted octanol–water partition coefficient (Wildman–Crippen LogP) is 8.49. The van der Waals surface area contributed by atoms with Gasteiger partial charge in [-0.3, -0.25) is 5.10 Å². The van der Waals surface area contributed by atoms with Crippen LogP contribution in [0.4, 0.5) is 5.82 Å². The van der Waals surface area contributed by atoms with Crippen molar-refractivity contribution >= 4 is 16.9 Å². The summed E-state index contributed by atoms with van der Waals surface area (Å²) in [5.41, 5.74) is 7.61. The lowest BCUT2D eigenvalue weighted by atomic mass is 10.1. The Balaban J connectivity index is -0.000000357. The number of hydrogen-bond acceptors (Lipinski definition) is 4. The second kappa shape index (κ2) is 26.6. The third-order valence-corrected chi connectivity index (χ3v) is 3.80. The Kier molecular flexibility index (Phi) is 28.4. The predicted molar refractivity (Wildman–Crippen MR) is 145 cm³/mol. The standard InChI is InChI=1S/C9H12.C7H16.C5H5N5.3C2H6/c1-2-6-9-7-4-3-5-8-9;1-4-5-6-7(2)3;6-4-3-1-9-10-5(3)8-2-7-4;3*1-2/h3-5,7-8H,2,6H2,1H3;7H,4-6H2,1-3H3;1-2H,(H3,6,7,8,9,10);3*1-2H3. The Morgan fingerprint density at radius 2 is 1.47 bits per heavy atom. The highest BCUT2D eigenvalue weighted by molar-refractivity contribution is 5.83. The van der Waals surface area contributed by atoms with Crippen LogP contribution in [0.5, 0.6) is 0 Å². The highest BCUT2D eigenvalue weighted by atomic mass is 15.1. The number of aromatic amines is 1. The minimum atomic E-state index is 0.457. The first-order valence-corrected chi connectivity index (χ1v) is 12.5. The third kappa shape index (κ3) is 18.3. The third-order valence-electron chi connectivity index (χ3n) is 3.80. The monoisotopic (exact) mass is 445 g/mol. The molecule has 0 atom stereocenters. The number of hydrogen-bond donors (Lipinski definition) is 2. The molecule has 5 nitrogen and oxygen atoms in total. The van der Waals surface area contributed by atoms with Crippen molar-refractivity contribution in [2.75, 3.05) is 5.73 Å². The van der Waals surface area contributed by atoms with E-state index in [4.69, 9.17) is 5.73 Å². The van der Waals surface area contributed by atoms with Crippen molar-refractivity contribution in [2.45, 2.75) is 101 Å². The Bertz CT molecular complexity index is 708. The fourth-order valence-corrected chi connectivity index (χ4v) is 2.33. The molecule has 184 valence electrons. The second-order valence-electron chi connectivity index (χ2n) is 6.66.